The molecule has 6 nitrogen and oxygen atoms in total. The highest BCUT2D eigenvalue weighted by atomic mass is 35.5. The zero-order chi connectivity index (χ0) is 32.8. The van der Waals surface area contributed by atoms with Gasteiger partial charge in [-0.2, -0.15) is 0 Å². The molecule has 7 rings (SSSR count). The van der Waals surface area contributed by atoms with E-state index in [1.165, 1.54) is 0 Å². The summed E-state index contributed by atoms with van der Waals surface area (Å²) in [5.41, 5.74) is 5.61. The fraction of sp³-hybridized carbons (Fsp3) is 0.231. The van der Waals surface area contributed by atoms with E-state index in [0.717, 1.165) is 49.4 Å². The van der Waals surface area contributed by atoms with Gasteiger partial charge in [0.05, 0.1) is 24.2 Å². The number of carbonyl (C=O) groups excluding carboxylic acids is 2. The lowest BCUT2D eigenvalue weighted by molar-refractivity contribution is -0.118. The van der Waals surface area contributed by atoms with Crippen LogP contribution < -0.4 is 9.80 Å². The van der Waals surface area contributed by atoms with Gasteiger partial charge in [0, 0.05) is 66.0 Å². The van der Waals surface area contributed by atoms with Crippen molar-refractivity contribution in [2.45, 2.75) is 31.1 Å². The molecular formula is C39H32Cl2N2O4. The van der Waals surface area contributed by atoms with E-state index in [1.807, 2.05) is 66.7 Å². The van der Waals surface area contributed by atoms with Crippen LogP contribution in [0.25, 0.3) is 21.5 Å². The van der Waals surface area contributed by atoms with E-state index in [0.29, 0.717) is 42.6 Å². The number of carbonyl (C=O) groups is 2. The standard InChI is InChI=1S/C39H32Cl2N2O4/c1-2-7-23-12-24(15-36(46)42-21-26(19-40)38-30-10-5-3-8-28(30)34(44)17-32(38)42)14-25(13-23)16-37(47)43-22-27(20-41)39-31-11-6-4-9-29(31)35(45)18-33(39)43/h1,3-6,8-14,17-18,26-27,44-45H,7,15-16,19-22H2/t26-,27-/m1/s1. The van der Waals surface area contributed by atoms with Gasteiger partial charge in [-0.05, 0) is 38.6 Å². The van der Waals surface area contributed by atoms with Crippen LogP contribution in [0.3, 0.4) is 0 Å². The number of hydrogen-bond acceptors (Lipinski definition) is 4. The Morgan fingerprint density at radius 1 is 0.681 bits per heavy atom. The molecule has 2 N–H and O–H groups in total. The number of terminal acetylenes is 1. The highest BCUT2D eigenvalue weighted by Crippen LogP contribution is 2.46. The highest BCUT2D eigenvalue weighted by molar-refractivity contribution is 6.19. The molecule has 0 radical (unpaired) electrons. The largest absolute Gasteiger partial charge is 0.507 e. The molecule has 0 aliphatic carbocycles. The van der Waals surface area contributed by atoms with Gasteiger partial charge >= 0.3 is 0 Å². The normalized spacial score (nSPS) is 16.8. The Morgan fingerprint density at radius 2 is 1.09 bits per heavy atom. The smallest absolute Gasteiger partial charge is 0.231 e. The second kappa shape index (κ2) is 12.5. The summed E-state index contributed by atoms with van der Waals surface area (Å²) in [4.78, 5) is 31.2. The molecule has 5 aromatic rings. The molecule has 2 heterocycles. The molecule has 0 spiro atoms. The number of amides is 2. The summed E-state index contributed by atoms with van der Waals surface area (Å²) in [7, 11) is 0. The van der Waals surface area contributed by atoms with Gasteiger partial charge in [0.25, 0.3) is 0 Å². The van der Waals surface area contributed by atoms with Crippen LogP contribution in [-0.4, -0.2) is 46.9 Å². The Kier molecular flexibility index (Phi) is 8.21. The van der Waals surface area contributed by atoms with Crippen molar-refractivity contribution in [3.8, 4) is 23.8 Å². The first-order valence-electron chi connectivity index (χ1n) is 15.6. The molecule has 0 bridgehead atoms. The van der Waals surface area contributed by atoms with E-state index in [-0.39, 0.29) is 48.0 Å². The Labute approximate surface area is 283 Å². The maximum absolute atomic E-state index is 13.9. The molecule has 2 atom stereocenters. The maximum atomic E-state index is 13.9. The van der Waals surface area contributed by atoms with E-state index in [2.05, 4.69) is 5.92 Å². The molecular weight excluding hydrogens is 631 g/mol. The van der Waals surface area contributed by atoms with Crippen LogP contribution >= 0.6 is 23.2 Å². The second-order valence-electron chi connectivity index (χ2n) is 12.4. The summed E-state index contributed by atoms with van der Waals surface area (Å²) in [5, 5.41) is 24.8. The molecule has 0 saturated carbocycles. The molecule has 0 aromatic heterocycles. The summed E-state index contributed by atoms with van der Waals surface area (Å²) in [6, 6.07) is 24.2. The summed E-state index contributed by atoms with van der Waals surface area (Å²) in [5.74, 6) is 3.18. The first-order chi connectivity index (χ1) is 22.8. The van der Waals surface area contributed by atoms with Crippen molar-refractivity contribution < 1.29 is 19.8 Å². The molecule has 0 fully saturated rings. The number of phenols is 2. The van der Waals surface area contributed by atoms with Crippen LogP contribution in [0.4, 0.5) is 11.4 Å². The summed E-state index contributed by atoms with van der Waals surface area (Å²) < 4.78 is 0. The third kappa shape index (κ3) is 5.44. The van der Waals surface area contributed by atoms with E-state index >= 15 is 0 Å². The molecule has 47 heavy (non-hydrogen) atoms. The highest BCUT2D eigenvalue weighted by Gasteiger charge is 2.36. The topological polar surface area (TPSA) is 81.1 Å². The predicted octanol–water partition coefficient (Wildman–Crippen LogP) is 7.40. The van der Waals surface area contributed by atoms with Crippen molar-refractivity contribution in [1.82, 2.24) is 0 Å². The molecule has 236 valence electrons. The minimum absolute atomic E-state index is 0.0706. The van der Waals surface area contributed by atoms with Crippen LogP contribution in [0.2, 0.25) is 0 Å². The average Bonchev–Trinajstić information content (AvgIpc) is 3.64. The number of halogens is 2. The van der Waals surface area contributed by atoms with Crippen molar-refractivity contribution in [2.75, 3.05) is 34.6 Å². The van der Waals surface area contributed by atoms with Crippen molar-refractivity contribution in [2.24, 2.45) is 0 Å². The Bertz CT molecular complexity index is 1980. The molecule has 2 aliphatic heterocycles. The lowest BCUT2D eigenvalue weighted by atomic mass is 9.95. The first kappa shape index (κ1) is 30.9. The lowest BCUT2D eigenvalue weighted by Crippen LogP contribution is -2.32. The molecule has 0 saturated heterocycles. The summed E-state index contributed by atoms with van der Waals surface area (Å²) in [6.07, 6.45) is 6.20. The summed E-state index contributed by atoms with van der Waals surface area (Å²) in [6.45, 7) is 0.830. The van der Waals surface area contributed by atoms with Gasteiger partial charge in [0.1, 0.15) is 11.5 Å². The quantitative estimate of drug-likeness (QED) is 0.141. The fourth-order valence-electron chi connectivity index (χ4n) is 7.38. The summed E-state index contributed by atoms with van der Waals surface area (Å²) >= 11 is 12.8. The van der Waals surface area contributed by atoms with Gasteiger partial charge in [-0.3, -0.25) is 9.59 Å². The molecule has 8 heteroatoms. The number of rotatable bonds is 7. The zero-order valence-electron chi connectivity index (χ0n) is 25.5. The van der Waals surface area contributed by atoms with Gasteiger partial charge in [-0.25, -0.2) is 0 Å². The Morgan fingerprint density at radius 3 is 1.49 bits per heavy atom. The number of phenolic OH excluding ortho intramolecular Hbond substituents is 2. The number of benzene rings is 5. The van der Waals surface area contributed by atoms with Crippen molar-refractivity contribution in [1.29, 1.82) is 0 Å². The minimum Gasteiger partial charge on any atom is -0.507 e. The third-order valence-electron chi connectivity index (χ3n) is 9.39. The number of fused-ring (bicyclic) bond motifs is 6. The first-order valence-corrected chi connectivity index (χ1v) is 16.6. The van der Waals surface area contributed by atoms with E-state index in [9.17, 15) is 19.8 Å². The number of aromatic hydroxyl groups is 2. The van der Waals surface area contributed by atoms with Gasteiger partial charge < -0.3 is 20.0 Å². The molecule has 2 amide bonds. The fourth-order valence-corrected chi connectivity index (χ4v) is 7.88. The van der Waals surface area contributed by atoms with E-state index in [4.69, 9.17) is 29.6 Å². The average molecular weight is 664 g/mol. The Balaban J connectivity index is 1.18. The van der Waals surface area contributed by atoms with E-state index in [1.54, 1.807) is 21.9 Å². The maximum Gasteiger partial charge on any atom is 0.231 e. The monoisotopic (exact) mass is 662 g/mol. The lowest BCUT2D eigenvalue weighted by Gasteiger charge is -2.20. The van der Waals surface area contributed by atoms with Crippen molar-refractivity contribution in [3.63, 3.8) is 0 Å². The van der Waals surface area contributed by atoms with Gasteiger partial charge in [0.15, 0.2) is 0 Å². The number of alkyl halides is 2. The number of nitrogens with zero attached hydrogens (tertiary/aromatic N) is 2. The third-order valence-corrected chi connectivity index (χ3v) is 10.1. The van der Waals surface area contributed by atoms with E-state index < -0.39 is 0 Å². The minimum atomic E-state index is -0.135. The number of hydrogen-bond donors (Lipinski definition) is 2. The van der Waals surface area contributed by atoms with Gasteiger partial charge in [0.2, 0.25) is 11.8 Å². The van der Waals surface area contributed by atoms with Crippen LogP contribution in [-0.2, 0) is 28.9 Å². The molecule has 2 aliphatic rings. The number of anilines is 2. The van der Waals surface area contributed by atoms with Crippen LogP contribution in [0.5, 0.6) is 11.5 Å². The van der Waals surface area contributed by atoms with Crippen molar-refractivity contribution in [3.05, 3.63) is 107 Å². The van der Waals surface area contributed by atoms with Gasteiger partial charge in [-0.1, -0.05) is 66.7 Å². The van der Waals surface area contributed by atoms with Crippen LogP contribution in [0.15, 0.2) is 78.9 Å². The molecule has 0 unspecified atom stereocenters. The van der Waals surface area contributed by atoms with Crippen LogP contribution in [0, 0.1) is 12.3 Å². The molecule has 5 aromatic carbocycles. The SMILES string of the molecule is C#CCc1cc(CC(=O)N2C[C@@H](CCl)c3c2cc(O)c2ccccc32)cc(CC(=O)N2C[C@@H](CCl)c3c2cc(O)c2ccccc32)c1. The predicted molar refractivity (Wildman–Crippen MR) is 189 cm³/mol. The second-order valence-corrected chi connectivity index (χ2v) is 13.0. The Hall–Kier alpha value is -4.70. The zero-order valence-corrected chi connectivity index (χ0v) is 27.1. The van der Waals surface area contributed by atoms with Gasteiger partial charge in [-0.15, -0.1) is 35.5 Å². The van der Waals surface area contributed by atoms with Crippen LogP contribution in [0.1, 0.15) is 39.7 Å². The van der Waals surface area contributed by atoms with Crippen molar-refractivity contribution >= 4 is 67.9 Å².